The van der Waals surface area contributed by atoms with Crippen molar-refractivity contribution in [2.45, 2.75) is 16.7 Å². The average Bonchev–Trinajstić information content (AvgIpc) is 2.41. The third-order valence-corrected chi connectivity index (χ3v) is 5.94. The molecule has 2 aromatic carbocycles. The van der Waals surface area contributed by atoms with Crippen molar-refractivity contribution in [1.82, 2.24) is 0 Å². The van der Waals surface area contributed by atoms with E-state index in [9.17, 15) is 21.2 Å². The van der Waals surface area contributed by atoms with Crippen LogP contribution >= 0.6 is 11.6 Å². The third-order valence-electron chi connectivity index (χ3n) is 2.99. The first-order valence-electron chi connectivity index (χ1n) is 6.29. The summed E-state index contributed by atoms with van der Waals surface area (Å²) in [6.07, 6.45) is 0.945. The number of rotatable bonds is 4. The number of sulfone groups is 1. The van der Waals surface area contributed by atoms with Crippen LogP contribution in [0.25, 0.3) is 0 Å². The van der Waals surface area contributed by atoms with Crippen LogP contribution in [-0.4, -0.2) is 23.1 Å². The lowest BCUT2D eigenvalue weighted by molar-refractivity contribution is 0.597. The Balaban J connectivity index is 2.54. The third kappa shape index (κ3) is 4.01. The highest BCUT2D eigenvalue weighted by Gasteiger charge is 2.22. The van der Waals surface area contributed by atoms with E-state index in [2.05, 4.69) is 4.72 Å². The maximum absolute atomic E-state index is 13.7. The highest BCUT2D eigenvalue weighted by molar-refractivity contribution is 7.93. The monoisotopic (exact) mass is 377 g/mol. The highest BCUT2D eigenvalue weighted by atomic mass is 35.5. The van der Waals surface area contributed by atoms with Gasteiger partial charge in [-0.1, -0.05) is 17.7 Å². The Labute approximate surface area is 139 Å². The number of sulfonamides is 1. The molecular weight excluding hydrogens is 365 g/mol. The van der Waals surface area contributed by atoms with Crippen molar-refractivity contribution < 1.29 is 21.2 Å². The van der Waals surface area contributed by atoms with Gasteiger partial charge >= 0.3 is 0 Å². The van der Waals surface area contributed by atoms with E-state index >= 15 is 0 Å². The Kier molecular flexibility index (Phi) is 4.70. The first-order chi connectivity index (χ1) is 10.5. The second-order valence-corrected chi connectivity index (χ2v) is 9.03. The van der Waals surface area contributed by atoms with Crippen LogP contribution in [0, 0.1) is 12.7 Å². The summed E-state index contributed by atoms with van der Waals surface area (Å²) >= 11 is 5.86. The van der Waals surface area contributed by atoms with Crippen LogP contribution in [0.15, 0.2) is 46.2 Å². The quantitative estimate of drug-likeness (QED) is 0.888. The van der Waals surface area contributed by atoms with E-state index < -0.39 is 30.6 Å². The molecule has 9 heteroatoms. The smallest absolute Gasteiger partial charge is 0.263 e. The summed E-state index contributed by atoms with van der Waals surface area (Å²) in [5, 5.41) is -0.169. The van der Waals surface area contributed by atoms with Crippen LogP contribution in [0.2, 0.25) is 5.02 Å². The van der Waals surface area contributed by atoms with Gasteiger partial charge in [-0.05, 0) is 42.8 Å². The Morgan fingerprint density at radius 3 is 2.30 bits per heavy atom. The molecule has 2 aromatic rings. The number of aryl methyl sites for hydroxylation is 1. The molecule has 23 heavy (non-hydrogen) atoms. The lowest BCUT2D eigenvalue weighted by Crippen LogP contribution is -2.15. The van der Waals surface area contributed by atoms with Crippen molar-refractivity contribution in [3.8, 4) is 0 Å². The van der Waals surface area contributed by atoms with E-state index in [1.54, 1.807) is 6.92 Å². The van der Waals surface area contributed by atoms with Gasteiger partial charge in [0.05, 0.1) is 15.6 Å². The largest absolute Gasteiger partial charge is 0.277 e. The maximum atomic E-state index is 13.7. The highest BCUT2D eigenvalue weighted by Crippen LogP contribution is 2.27. The normalized spacial score (nSPS) is 12.2. The standard InChI is InChI=1S/C14H13ClFNO4S2/c1-9-3-6-12(16)13(7-9)17-23(20,21)14-8-10(22(2,18)19)4-5-11(14)15/h3-8,17H,1-2H3. The van der Waals surface area contributed by atoms with Crippen LogP contribution < -0.4 is 4.72 Å². The van der Waals surface area contributed by atoms with Gasteiger partial charge in [-0.25, -0.2) is 21.2 Å². The zero-order valence-electron chi connectivity index (χ0n) is 12.2. The van der Waals surface area contributed by atoms with Crippen molar-refractivity contribution in [3.05, 3.63) is 52.8 Å². The van der Waals surface area contributed by atoms with Crippen LogP contribution in [-0.2, 0) is 19.9 Å². The molecule has 124 valence electrons. The number of hydrogen-bond donors (Lipinski definition) is 1. The molecule has 0 unspecified atom stereocenters. The minimum absolute atomic E-state index is 0.169. The second-order valence-electron chi connectivity index (χ2n) is 4.95. The second kappa shape index (κ2) is 6.10. The molecule has 0 saturated carbocycles. The Morgan fingerprint density at radius 2 is 1.70 bits per heavy atom. The lowest BCUT2D eigenvalue weighted by Gasteiger charge is -2.12. The molecular formula is C14H13ClFNO4S2. The molecule has 0 saturated heterocycles. The SMILES string of the molecule is Cc1ccc(F)c(NS(=O)(=O)c2cc(S(C)(=O)=O)ccc2Cl)c1. The zero-order valence-corrected chi connectivity index (χ0v) is 14.6. The van der Waals surface area contributed by atoms with Crippen molar-refractivity contribution in [1.29, 1.82) is 0 Å². The molecule has 0 spiro atoms. The molecule has 0 aliphatic rings. The molecule has 5 nitrogen and oxygen atoms in total. The Bertz CT molecular complexity index is 972. The van der Waals surface area contributed by atoms with Gasteiger partial charge in [0.2, 0.25) is 0 Å². The van der Waals surface area contributed by atoms with Crippen LogP contribution in [0.1, 0.15) is 5.56 Å². The number of anilines is 1. The molecule has 0 fully saturated rings. The fraction of sp³-hybridized carbons (Fsp3) is 0.143. The van der Waals surface area contributed by atoms with Gasteiger partial charge in [0.1, 0.15) is 10.7 Å². The van der Waals surface area contributed by atoms with E-state index in [0.717, 1.165) is 18.4 Å². The minimum Gasteiger partial charge on any atom is -0.277 e. The summed E-state index contributed by atoms with van der Waals surface area (Å²) in [6, 6.07) is 7.24. The minimum atomic E-state index is -4.25. The van der Waals surface area contributed by atoms with Crippen LogP contribution in [0.3, 0.4) is 0 Å². The van der Waals surface area contributed by atoms with Gasteiger partial charge < -0.3 is 0 Å². The van der Waals surface area contributed by atoms with Crippen LogP contribution in [0.5, 0.6) is 0 Å². The molecule has 0 aliphatic carbocycles. The number of hydrogen-bond acceptors (Lipinski definition) is 4. The van der Waals surface area contributed by atoms with Crippen molar-refractivity contribution >= 4 is 37.1 Å². The molecule has 2 rings (SSSR count). The molecule has 0 aromatic heterocycles. The zero-order chi connectivity index (χ0) is 17.4. The van der Waals surface area contributed by atoms with Gasteiger partial charge in [-0.15, -0.1) is 0 Å². The van der Waals surface area contributed by atoms with Gasteiger partial charge in [0.15, 0.2) is 9.84 Å². The first-order valence-corrected chi connectivity index (χ1v) is 10.0. The van der Waals surface area contributed by atoms with E-state index in [1.165, 1.54) is 24.3 Å². The van der Waals surface area contributed by atoms with Gasteiger partial charge in [0, 0.05) is 6.26 Å². The van der Waals surface area contributed by atoms with E-state index in [-0.39, 0.29) is 15.6 Å². The van der Waals surface area contributed by atoms with Crippen molar-refractivity contribution in [2.24, 2.45) is 0 Å². The van der Waals surface area contributed by atoms with Crippen LogP contribution in [0.4, 0.5) is 10.1 Å². The molecule has 1 N–H and O–H groups in total. The van der Waals surface area contributed by atoms with Gasteiger partial charge in [-0.3, -0.25) is 4.72 Å². The Hall–Kier alpha value is -1.64. The number of benzene rings is 2. The van der Waals surface area contributed by atoms with E-state index in [4.69, 9.17) is 11.6 Å². The summed E-state index contributed by atoms with van der Waals surface area (Å²) in [4.78, 5) is -0.644. The first kappa shape index (κ1) is 17.7. The number of halogens is 2. The summed E-state index contributed by atoms with van der Waals surface area (Å²) in [5.41, 5.74) is 0.408. The molecule has 0 aliphatic heterocycles. The summed E-state index contributed by atoms with van der Waals surface area (Å²) < 4.78 is 63.8. The summed E-state index contributed by atoms with van der Waals surface area (Å²) in [5.74, 6) is -0.755. The number of nitrogens with one attached hydrogen (secondary N) is 1. The molecule has 0 heterocycles. The van der Waals surface area contributed by atoms with Crippen molar-refractivity contribution in [3.63, 3.8) is 0 Å². The Morgan fingerprint density at radius 1 is 1.04 bits per heavy atom. The predicted octanol–water partition coefficient (Wildman–Crippen LogP) is 2.99. The molecule has 0 radical (unpaired) electrons. The lowest BCUT2D eigenvalue weighted by atomic mass is 10.2. The topological polar surface area (TPSA) is 80.3 Å². The van der Waals surface area contributed by atoms with Gasteiger partial charge in [-0.2, -0.15) is 0 Å². The predicted molar refractivity (Wildman–Crippen MR) is 86.5 cm³/mol. The average molecular weight is 378 g/mol. The fourth-order valence-corrected chi connectivity index (χ4v) is 4.14. The summed E-state index contributed by atoms with van der Waals surface area (Å²) in [6.45, 7) is 1.68. The van der Waals surface area contributed by atoms with E-state index in [1.807, 2.05) is 0 Å². The fourth-order valence-electron chi connectivity index (χ4n) is 1.84. The molecule has 0 bridgehead atoms. The summed E-state index contributed by atoms with van der Waals surface area (Å²) in [7, 11) is -7.87. The molecule has 0 atom stereocenters. The van der Waals surface area contributed by atoms with Crippen molar-refractivity contribution in [2.75, 3.05) is 11.0 Å². The van der Waals surface area contributed by atoms with E-state index in [0.29, 0.717) is 5.56 Å². The molecule has 0 amide bonds. The van der Waals surface area contributed by atoms with Gasteiger partial charge in [0.25, 0.3) is 10.0 Å². The maximum Gasteiger partial charge on any atom is 0.263 e.